The Morgan fingerprint density at radius 3 is 2.20 bits per heavy atom. The second kappa shape index (κ2) is 4.28. The van der Waals surface area contributed by atoms with Crippen molar-refractivity contribution in [1.29, 1.82) is 0 Å². The fourth-order valence-corrected chi connectivity index (χ4v) is 0.913. The van der Waals surface area contributed by atoms with Crippen molar-refractivity contribution in [3.63, 3.8) is 0 Å². The summed E-state index contributed by atoms with van der Waals surface area (Å²) in [6.45, 7) is 3.50. The molecule has 0 saturated carbocycles. The Morgan fingerprint density at radius 1 is 1.60 bits per heavy atom. The SMILES string of the molecule is C=CC=[CH][SnH3]. The van der Waals surface area contributed by atoms with Crippen molar-refractivity contribution in [1.82, 2.24) is 0 Å². The molecule has 0 aromatic rings. The Morgan fingerprint density at radius 2 is 2.20 bits per heavy atom. The van der Waals surface area contributed by atoms with E-state index in [0.717, 1.165) is 22.5 Å². The molecule has 0 saturated heterocycles. The van der Waals surface area contributed by atoms with E-state index in [4.69, 9.17) is 0 Å². The summed E-state index contributed by atoms with van der Waals surface area (Å²) < 4.78 is 2.15. The van der Waals surface area contributed by atoms with Gasteiger partial charge in [0.05, 0.1) is 0 Å². The Balaban J connectivity index is 2.92. The van der Waals surface area contributed by atoms with E-state index < -0.39 is 0 Å². The minimum atomic E-state index is 0.731. The summed E-state index contributed by atoms with van der Waals surface area (Å²) in [6, 6.07) is 0. The maximum atomic E-state index is 3.50. The van der Waals surface area contributed by atoms with Crippen LogP contribution in [0.1, 0.15) is 0 Å². The molecule has 0 aliphatic rings. The predicted octanol–water partition coefficient (Wildman–Crippen LogP) is 0.0515. The van der Waals surface area contributed by atoms with Crippen LogP contribution >= 0.6 is 0 Å². The summed E-state index contributed by atoms with van der Waals surface area (Å²) in [5.41, 5.74) is 0. The topological polar surface area (TPSA) is 0 Å². The van der Waals surface area contributed by atoms with E-state index >= 15 is 0 Å². The van der Waals surface area contributed by atoms with Crippen molar-refractivity contribution < 1.29 is 0 Å². The summed E-state index contributed by atoms with van der Waals surface area (Å²) in [7, 11) is 0. The molecule has 1 heteroatoms. The third-order valence-electron chi connectivity index (χ3n) is 0.329. The molecule has 0 aromatic heterocycles. The summed E-state index contributed by atoms with van der Waals surface area (Å²) in [6.07, 6.45) is 3.78. The van der Waals surface area contributed by atoms with Gasteiger partial charge >= 0.3 is 45.3 Å². The fourth-order valence-electron chi connectivity index (χ4n) is 0.136. The molecule has 0 atom stereocenters. The van der Waals surface area contributed by atoms with Crippen LogP contribution in [0.5, 0.6) is 0 Å². The molecule has 28 valence electrons. The van der Waals surface area contributed by atoms with Crippen LogP contribution in [-0.4, -0.2) is 22.5 Å². The average molecular weight is 175 g/mol. The zero-order valence-electron chi connectivity index (χ0n) is 3.44. The second-order valence-electron chi connectivity index (χ2n) is 0.761. The van der Waals surface area contributed by atoms with Crippen molar-refractivity contribution in [3.8, 4) is 0 Å². The van der Waals surface area contributed by atoms with Gasteiger partial charge in [0.25, 0.3) is 0 Å². The molecule has 0 aliphatic carbocycles. The zero-order valence-corrected chi connectivity index (χ0v) is 9.15. The van der Waals surface area contributed by atoms with Crippen LogP contribution in [-0.2, 0) is 0 Å². The van der Waals surface area contributed by atoms with E-state index in [9.17, 15) is 0 Å². The van der Waals surface area contributed by atoms with Crippen molar-refractivity contribution in [2.24, 2.45) is 0 Å². The van der Waals surface area contributed by atoms with Crippen LogP contribution in [0.15, 0.2) is 22.8 Å². The zero-order chi connectivity index (χ0) is 4.12. The minimum absolute atomic E-state index is 0.731. The molecular weight excluding hydrogens is 167 g/mol. The molecule has 0 fully saturated rings. The molecule has 0 N–H and O–H groups in total. The molecule has 0 rings (SSSR count). The van der Waals surface area contributed by atoms with Crippen LogP contribution < -0.4 is 0 Å². The quantitative estimate of drug-likeness (QED) is 0.390. The number of allylic oxidation sites excluding steroid dienone is 2. The molecule has 5 heavy (non-hydrogen) atoms. The Kier molecular flexibility index (Phi) is 4.52. The normalized spacial score (nSPS) is 9.60. The molecule has 0 aromatic carbocycles. The first kappa shape index (κ1) is 5.28. The number of hydrogen-bond acceptors (Lipinski definition) is 0. The van der Waals surface area contributed by atoms with Gasteiger partial charge in [-0.15, -0.1) is 0 Å². The van der Waals surface area contributed by atoms with Gasteiger partial charge in [-0.25, -0.2) is 0 Å². The summed E-state index contributed by atoms with van der Waals surface area (Å²) in [5, 5.41) is 0. The number of rotatable bonds is 1. The van der Waals surface area contributed by atoms with Crippen molar-refractivity contribution >= 4 is 22.5 Å². The van der Waals surface area contributed by atoms with Crippen molar-refractivity contribution in [2.45, 2.75) is 0 Å². The van der Waals surface area contributed by atoms with Gasteiger partial charge < -0.3 is 0 Å². The van der Waals surface area contributed by atoms with Crippen LogP contribution in [0, 0.1) is 0 Å². The molecule has 0 spiro atoms. The fraction of sp³-hybridized carbons (Fsp3) is 0. The van der Waals surface area contributed by atoms with Crippen LogP contribution in [0.3, 0.4) is 0 Å². The van der Waals surface area contributed by atoms with Gasteiger partial charge in [0, 0.05) is 0 Å². The van der Waals surface area contributed by atoms with Gasteiger partial charge in [0.2, 0.25) is 0 Å². The maximum absolute atomic E-state index is 3.50. The first-order valence-corrected chi connectivity index (χ1v) is 4.95. The van der Waals surface area contributed by atoms with Gasteiger partial charge in [0.15, 0.2) is 0 Å². The van der Waals surface area contributed by atoms with Gasteiger partial charge in [-0.05, 0) is 0 Å². The molecule has 0 amide bonds. The van der Waals surface area contributed by atoms with Gasteiger partial charge in [-0.3, -0.25) is 0 Å². The molecule has 0 heterocycles. The predicted molar refractivity (Wildman–Crippen MR) is 29.3 cm³/mol. The third kappa shape index (κ3) is 4.28. The van der Waals surface area contributed by atoms with Crippen molar-refractivity contribution in [2.75, 3.05) is 0 Å². The molecular formula is C4H8Sn. The average Bonchev–Trinajstić information content (AvgIpc) is 1.41. The molecule has 0 aliphatic heterocycles. The van der Waals surface area contributed by atoms with Gasteiger partial charge in [0.1, 0.15) is 0 Å². The van der Waals surface area contributed by atoms with Crippen LogP contribution in [0.4, 0.5) is 0 Å². The Hall–Kier alpha value is 0.279. The van der Waals surface area contributed by atoms with Crippen LogP contribution in [0.2, 0.25) is 0 Å². The molecule has 0 bridgehead atoms. The Labute approximate surface area is 45.7 Å². The third-order valence-corrected chi connectivity index (χ3v) is 1.43. The van der Waals surface area contributed by atoms with E-state index in [1.165, 1.54) is 0 Å². The molecule has 0 nitrogen and oxygen atoms in total. The van der Waals surface area contributed by atoms with Crippen LogP contribution in [0.25, 0.3) is 0 Å². The van der Waals surface area contributed by atoms with E-state index in [-0.39, 0.29) is 0 Å². The summed E-state index contributed by atoms with van der Waals surface area (Å²) >= 11 is 0.731. The van der Waals surface area contributed by atoms with Gasteiger partial charge in [-0.1, -0.05) is 0 Å². The Bertz CT molecular complexity index is 45.6. The van der Waals surface area contributed by atoms with E-state index in [0.29, 0.717) is 0 Å². The first-order valence-electron chi connectivity index (χ1n) is 1.65. The second-order valence-corrected chi connectivity index (χ2v) is 2.66. The van der Waals surface area contributed by atoms with E-state index in [2.05, 4.69) is 10.7 Å². The molecule has 0 radical (unpaired) electrons. The monoisotopic (exact) mass is 176 g/mol. The van der Waals surface area contributed by atoms with Gasteiger partial charge in [-0.2, -0.15) is 0 Å². The van der Waals surface area contributed by atoms with E-state index in [1.807, 2.05) is 6.08 Å². The summed E-state index contributed by atoms with van der Waals surface area (Å²) in [4.78, 5) is 0. The summed E-state index contributed by atoms with van der Waals surface area (Å²) in [5.74, 6) is 0. The standard InChI is InChI=1S/C4H5.Sn.3H/c1-3-4-2;;;;/h1,3-4H,2H2;;;;. The van der Waals surface area contributed by atoms with Crippen molar-refractivity contribution in [3.05, 3.63) is 22.8 Å². The molecule has 0 unspecified atom stereocenters. The number of hydrogen-bond donors (Lipinski definition) is 0. The van der Waals surface area contributed by atoms with E-state index in [1.54, 1.807) is 6.08 Å². The first-order chi connectivity index (χ1) is 2.41.